The van der Waals surface area contributed by atoms with E-state index in [2.05, 4.69) is 16.1 Å². The molecule has 0 radical (unpaired) electrons. The highest BCUT2D eigenvalue weighted by atomic mass is 16.2. The van der Waals surface area contributed by atoms with Gasteiger partial charge >= 0.3 is 0 Å². The van der Waals surface area contributed by atoms with E-state index in [0.29, 0.717) is 6.54 Å². The van der Waals surface area contributed by atoms with Gasteiger partial charge in [-0.1, -0.05) is 13.8 Å². The van der Waals surface area contributed by atoms with Crippen molar-refractivity contribution < 1.29 is 9.59 Å². The average Bonchev–Trinajstić information content (AvgIpc) is 2.39. The molecule has 6 nitrogen and oxygen atoms in total. The maximum absolute atomic E-state index is 12.1. The van der Waals surface area contributed by atoms with Crippen molar-refractivity contribution in [2.24, 2.45) is 5.92 Å². The minimum absolute atomic E-state index is 0.0772. The Labute approximate surface area is 115 Å². The second kappa shape index (κ2) is 7.45. The molecule has 2 atom stereocenters. The van der Waals surface area contributed by atoms with Gasteiger partial charge in [0.1, 0.15) is 6.04 Å². The molecule has 1 heterocycles. The van der Waals surface area contributed by atoms with Crippen LogP contribution in [-0.2, 0) is 9.59 Å². The fourth-order valence-corrected chi connectivity index (χ4v) is 2.24. The first kappa shape index (κ1) is 15.9. The zero-order valence-electron chi connectivity index (χ0n) is 12.3. The van der Waals surface area contributed by atoms with Crippen molar-refractivity contribution in [2.45, 2.75) is 45.7 Å². The zero-order valence-corrected chi connectivity index (χ0v) is 12.3. The molecule has 3 N–H and O–H groups in total. The summed E-state index contributed by atoms with van der Waals surface area (Å²) in [6.07, 6.45) is 2.09. The summed E-state index contributed by atoms with van der Waals surface area (Å²) in [6.45, 7) is 7.19. The Kier molecular flexibility index (Phi) is 6.24. The first-order chi connectivity index (χ1) is 8.97. The van der Waals surface area contributed by atoms with Crippen LogP contribution in [0.1, 0.15) is 33.6 Å². The highest BCUT2D eigenvalue weighted by molar-refractivity contribution is 5.89. The Balaban J connectivity index is 2.50. The molecule has 0 aromatic rings. The van der Waals surface area contributed by atoms with Crippen LogP contribution >= 0.6 is 0 Å². The van der Waals surface area contributed by atoms with Crippen LogP contribution in [0.15, 0.2) is 0 Å². The summed E-state index contributed by atoms with van der Waals surface area (Å²) in [5.41, 5.74) is 3.06. The van der Waals surface area contributed by atoms with E-state index in [4.69, 9.17) is 0 Å². The third kappa shape index (κ3) is 4.47. The van der Waals surface area contributed by atoms with Crippen LogP contribution in [-0.4, -0.2) is 49.0 Å². The number of hydrazine groups is 1. The molecule has 1 fully saturated rings. The smallest absolute Gasteiger partial charge is 0.258 e. The van der Waals surface area contributed by atoms with Crippen LogP contribution in [0.4, 0.5) is 0 Å². The van der Waals surface area contributed by atoms with Crippen molar-refractivity contribution in [3.8, 4) is 0 Å². The first-order valence-electron chi connectivity index (χ1n) is 7.00. The number of nitrogens with zero attached hydrogens (tertiary/aromatic N) is 1. The quantitative estimate of drug-likeness (QED) is 0.650. The van der Waals surface area contributed by atoms with Crippen molar-refractivity contribution in [3.05, 3.63) is 0 Å². The van der Waals surface area contributed by atoms with Gasteiger partial charge in [0.05, 0.1) is 6.04 Å². The summed E-state index contributed by atoms with van der Waals surface area (Å²) in [6, 6.07) is -0.780. The Hall–Kier alpha value is -1.14. The van der Waals surface area contributed by atoms with Gasteiger partial charge in [0.2, 0.25) is 5.91 Å². The highest BCUT2D eigenvalue weighted by Crippen LogP contribution is 2.04. The number of carbonyl (C=O) groups excluding carboxylic acids is 2. The van der Waals surface area contributed by atoms with Crippen LogP contribution in [0.2, 0.25) is 0 Å². The number of hydrogen-bond donors (Lipinski definition) is 3. The van der Waals surface area contributed by atoms with E-state index < -0.39 is 6.04 Å². The molecule has 0 saturated carbocycles. The minimum atomic E-state index is -0.507. The molecule has 110 valence electrons. The summed E-state index contributed by atoms with van der Waals surface area (Å²) in [5, 5.41) is 7.36. The van der Waals surface area contributed by atoms with Gasteiger partial charge < -0.3 is 10.6 Å². The van der Waals surface area contributed by atoms with Crippen molar-refractivity contribution in [1.82, 2.24) is 21.1 Å². The second-order valence-electron chi connectivity index (χ2n) is 5.35. The van der Waals surface area contributed by atoms with Gasteiger partial charge in [-0.25, -0.2) is 5.43 Å². The van der Waals surface area contributed by atoms with E-state index in [9.17, 15) is 9.59 Å². The van der Waals surface area contributed by atoms with Crippen molar-refractivity contribution >= 4 is 11.8 Å². The SMILES string of the molecule is CNC(C(=O)NC(C)C(=O)N1CCCCN1)C(C)C. The second-order valence-corrected chi connectivity index (χ2v) is 5.35. The fourth-order valence-electron chi connectivity index (χ4n) is 2.24. The van der Waals surface area contributed by atoms with Gasteiger partial charge in [-0.05, 0) is 32.7 Å². The van der Waals surface area contributed by atoms with Gasteiger partial charge in [0.25, 0.3) is 5.91 Å². The lowest BCUT2D eigenvalue weighted by atomic mass is 10.0. The topological polar surface area (TPSA) is 73.5 Å². The van der Waals surface area contributed by atoms with Crippen LogP contribution in [0.5, 0.6) is 0 Å². The summed E-state index contributed by atoms with van der Waals surface area (Å²) in [4.78, 5) is 24.2. The van der Waals surface area contributed by atoms with Crippen molar-refractivity contribution in [2.75, 3.05) is 20.1 Å². The average molecular weight is 270 g/mol. The van der Waals surface area contributed by atoms with Crippen LogP contribution in [0, 0.1) is 5.92 Å². The number of amides is 2. The molecular weight excluding hydrogens is 244 g/mol. The summed E-state index contributed by atoms with van der Waals surface area (Å²) in [7, 11) is 1.75. The maximum Gasteiger partial charge on any atom is 0.258 e. The number of rotatable bonds is 5. The molecule has 1 rings (SSSR count). The lowest BCUT2D eigenvalue weighted by Crippen LogP contribution is -2.57. The standard InChI is InChI=1S/C13H26N4O2/c1-9(2)11(14-4)12(18)16-10(3)13(19)17-8-6-5-7-15-17/h9-11,14-15H,5-8H2,1-4H3,(H,16,18). The Morgan fingerprint density at radius 1 is 1.21 bits per heavy atom. The first-order valence-corrected chi connectivity index (χ1v) is 7.00. The molecule has 6 heteroatoms. The van der Waals surface area contributed by atoms with E-state index >= 15 is 0 Å². The molecule has 1 aliphatic heterocycles. The predicted molar refractivity (Wildman–Crippen MR) is 74.2 cm³/mol. The van der Waals surface area contributed by atoms with Gasteiger partial charge in [-0.2, -0.15) is 0 Å². The van der Waals surface area contributed by atoms with Crippen LogP contribution in [0.3, 0.4) is 0 Å². The fraction of sp³-hybridized carbons (Fsp3) is 0.846. The zero-order chi connectivity index (χ0) is 14.4. The molecule has 0 aromatic heterocycles. The third-order valence-electron chi connectivity index (χ3n) is 3.37. The van der Waals surface area contributed by atoms with E-state index in [1.54, 1.807) is 19.0 Å². The van der Waals surface area contributed by atoms with E-state index in [1.165, 1.54) is 0 Å². The monoisotopic (exact) mass is 270 g/mol. The number of likely N-dealkylation sites (N-methyl/N-ethyl adjacent to an activating group) is 1. The molecule has 19 heavy (non-hydrogen) atoms. The lowest BCUT2D eigenvalue weighted by molar-refractivity contribution is -0.140. The van der Waals surface area contributed by atoms with Gasteiger partial charge in [-0.3, -0.25) is 14.6 Å². The third-order valence-corrected chi connectivity index (χ3v) is 3.37. The van der Waals surface area contributed by atoms with Crippen LogP contribution in [0.25, 0.3) is 0 Å². The molecule has 0 spiro atoms. The van der Waals surface area contributed by atoms with E-state index in [1.807, 2.05) is 13.8 Å². The van der Waals surface area contributed by atoms with E-state index in [-0.39, 0.29) is 23.8 Å². The molecule has 2 unspecified atom stereocenters. The molecule has 0 aromatic carbocycles. The normalized spacial score (nSPS) is 19.1. The minimum Gasteiger partial charge on any atom is -0.343 e. The molecule has 1 saturated heterocycles. The number of nitrogens with one attached hydrogen (secondary N) is 3. The van der Waals surface area contributed by atoms with Gasteiger partial charge in [0.15, 0.2) is 0 Å². The summed E-state index contributed by atoms with van der Waals surface area (Å²) in [5.74, 6) is -0.0255. The van der Waals surface area contributed by atoms with Crippen molar-refractivity contribution in [3.63, 3.8) is 0 Å². The lowest BCUT2D eigenvalue weighted by Gasteiger charge is -2.30. The largest absolute Gasteiger partial charge is 0.343 e. The Morgan fingerprint density at radius 2 is 1.89 bits per heavy atom. The van der Waals surface area contributed by atoms with E-state index in [0.717, 1.165) is 19.4 Å². The predicted octanol–water partition coefficient (Wildman–Crippen LogP) is -0.138. The van der Waals surface area contributed by atoms with Crippen LogP contribution < -0.4 is 16.1 Å². The Bertz CT molecular complexity index is 314. The molecular formula is C13H26N4O2. The van der Waals surface area contributed by atoms with Crippen molar-refractivity contribution in [1.29, 1.82) is 0 Å². The summed E-state index contributed by atoms with van der Waals surface area (Å²) < 4.78 is 0. The molecule has 2 amide bonds. The number of carbonyl (C=O) groups is 2. The Morgan fingerprint density at radius 3 is 2.37 bits per heavy atom. The molecule has 1 aliphatic rings. The summed E-state index contributed by atoms with van der Waals surface area (Å²) >= 11 is 0. The highest BCUT2D eigenvalue weighted by Gasteiger charge is 2.27. The molecule has 0 bridgehead atoms. The van der Waals surface area contributed by atoms with Gasteiger partial charge in [0, 0.05) is 13.1 Å². The number of hydrogen-bond acceptors (Lipinski definition) is 4. The maximum atomic E-state index is 12.1. The van der Waals surface area contributed by atoms with Gasteiger partial charge in [-0.15, -0.1) is 0 Å². The molecule has 0 aliphatic carbocycles.